The average Bonchev–Trinajstić information content (AvgIpc) is 3.69. The van der Waals surface area contributed by atoms with Gasteiger partial charge in [-0.2, -0.15) is 23.3 Å². The predicted molar refractivity (Wildman–Crippen MR) is 161 cm³/mol. The van der Waals surface area contributed by atoms with Gasteiger partial charge in [0.25, 0.3) is 0 Å². The van der Waals surface area contributed by atoms with Crippen molar-refractivity contribution in [2.45, 2.75) is 6.18 Å². The lowest BCUT2D eigenvalue weighted by Crippen LogP contribution is -2.37. The number of hydrogen-bond donors (Lipinski definition) is 2. The molecule has 1 aliphatic rings. The highest BCUT2D eigenvalue weighted by molar-refractivity contribution is 5.96. The molecule has 2 N–H and O–H groups in total. The molecule has 0 amide bonds. The van der Waals surface area contributed by atoms with Crippen molar-refractivity contribution in [1.82, 2.24) is 34.5 Å². The van der Waals surface area contributed by atoms with Crippen molar-refractivity contribution in [3.63, 3.8) is 0 Å². The summed E-state index contributed by atoms with van der Waals surface area (Å²) in [7, 11) is 1.95. The zero-order chi connectivity index (χ0) is 31.6. The number of carboxylic acid groups (broad SMARTS) is 1. The topological polar surface area (TPSA) is 136 Å². The van der Waals surface area contributed by atoms with Crippen LogP contribution in [0.1, 0.15) is 0 Å². The molecule has 1 aliphatic heterocycles. The van der Waals surface area contributed by atoms with E-state index in [0.717, 1.165) is 63.3 Å². The van der Waals surface area contributed by atoms with E-state index >= 15 is 0 Å². The number of carboxylic acids is 1. The van der Waals surface area contributed by atoms with Crippen LogP contribution >= 0.6 is 0 Å². The highest BCUT2D eigenvalue weighted by atomic mass is 19.4. The summed E-state index contributed by atoms with van der Waals surface area (Å²) in [6.07, 6.45) is 0.390. The van der Waals surface area contributed by atoms with E-state index in [4.69, 9.17) is 19.6 Å². The molecule has 0 spiro atoms. The number of nitrogens with zero attached hydrogens (tertiary/aromatic N) is 8. The van der Waals surface area contributed by atoms with Gasteiger partial charge in [0, 0.05) is 48.4 Å². The summed E-state index contributed by atoms with van der Waals surface area (Å²) in [5, 5.41) is 21.6. The zero-order valence-corrected chi connectivity index (χ0v) is 23.8. The molecule has 45 heavy (non-hydrogen) atoms. The van der Waals surface area contributed by atoms with Crippen LogP contribution in [0.25, 0.3) is 38.6 Å². The second kappa shape index (κ2) is 12.2. The van der Waals surface area contributed by atoms with Crippen LogP contribution in [0.5, 0.6) is 0 Å². The highest BCUT2D eigenvalue weighted by Crippen LogP contribution is 2.30. The van der Waals surface area contributed by atoms with E-state index in [0.29, 0.717) is 19.2 Å². The number of fused-ring (bicyclic) bond motifs is 2. The first-order chi connectivity index (χ1) is 21.7. The summed E-state index contributed by atoms with van der Waals surface area (Å²) in [5.74, 6) is -1.50. The molecule has 12 nitrogen and oxygen atoms in total. The minimum Gasteiger partial charge on any atom is -0.475 e. The Bertz CT molecular complexity index is 1970. The smallest absolute Gasteiger partial charge is 0.475 e. The summed E-state index contributed by atoms with van der Waals surface area (Å²) < 4.78 is 40.8. The number of aromatic nitrogens is 7. The predicted octanol–water partition coefficient (Wildman–Crippen LogP) is 4.98. The molecule has 15 heteroatoms. The number of aliphatic carboxylic acids is 1. The minimum atomic E-state index is -5.08. The van der Waals surface area contributed by atoms with E-state index in [2.05, 4.69) is 54.6 Å². The van der Waals surface area contributed by atoms with Crippen molar-refractivity contribution < 1.29 is 27.8 Å². The third kappa shape index (κ3) is 6.52. The first kappa shape index (κ1) is 29.5. The van der Waals surface area contributed by atoms with E-state index < -0.39 is 12.1 Å². The fourth-order valence-corrected chi connectivity index (χ4v) is 4.77. The molecule has 0 atom stereocenters. The van der Waals surface area contributed by atoms with Gasteiger partial charge in [-0.15, -0.1) is 5.10 Å². The number of benzene rings is 3. The summed E-state index contributed by atoms with van der Waals surface area (Å²) in [6.45, 7) is 3.01. The lowest BCUT2D eigenvalue weighted by Gasteiger charge is -2.25. The first-order valence-electron chi connectivity index (χ1n) is 13.8. The lowest BCUT2D eigenvalue weighted by atomic mass is 10.0. The number of morpholine rings is 1. The number of anilines is 3. The molecule has 3 aromatic carbocycles. The van der Waals surface area contributed by atoms with Crippen LogP contribution in [0.15, 0.2) is 79.4 Å². The maximum absolute atomic E-state index is 10.6. The molecule has 0 bridgehead atoms. The summed E-state index contributed by atoms with van der Waals surface area (Å²) in [6, 6.07) is 20.5. The molecular weight excluding hydrogens is 591 g/mol. The van der Waals surface area contributed by atoms with Gasteiger partial charge in [0.1, 0.15) is 6.33 Å². The van der Waals surface area contributed by atoms with E-state index in [1.165, 1.54) is 0 Å². The van der Waals surface area contributed by atoms with E-state index in [9.17, 15) is 13.2 Å². The molecule has 6 aromatic rings. The Hall–Kier alpha value is -5.57. The summed E-state index contributed by atoms with van der Waals surface area (Å²) in [4.78, 5) is 24.9. The van der Waals surface area contributed by atoms with Crippen LogP contribution in [0.4, 0.5) is 30.8 Å². The van der Waals surface area contributed by atoms with Crippen molar-refractivity contribution in [1.29, 1.82) is 0 Å². The molecule has 230 valence electrons. The van der Waals surface area contributed by atoms with Crippen molar-refractivity contribution in [3.05, 3.63) is 79.4 Å². The van der Waals surface area contributed by atoms with Gasteiger partial charge in [0.05, 0.1) is 36.1 Å². The lowest BCUT2D eigenvalue weighted by molar-refractivity contribution is -0.192. The van der Waals surface area contributed by atoms with Crippen LogP contribution < -0.4 is 10.2 Å². The fourth-order valence-electron chi connectivity index (χ4n) is 4.77. The number of hydrogen-bond acceptors (Lipinski definition) is 9. The monoisotopic (exact) mass is 617 g/mol. The molecular formula is C30H26F3N9O3. The third-order valence-corrected chi connectivity index (χ3v) is 7.08. The Morgan fingerprint density at radius 2 is 1.73 bits per heavy atom. The average molecular weight is 618 g/mol. The van der Waals surface area contributed by atoms with Gasteiger partial charge in [-0.05, 0) is 35.9 Å². The van der Waals surface area contributed by atoms with Crippen LogP contribution in [-0.4, -0.2) is 78.1 Å². The number of aryl methyl sites for hydroxylation is 1. The fraction of sp³-hybridized carbons (Fsp3) is 0.200. The van der Waals surface area contributed by atoms with Crippen molar-refractivity contribution in [2.75, 3.05) is 36.5 Å². The Kier molecular flexibility index (Phi) is 8.00. The van der Waals surface area contributed by atoms with E-state index in [-0.39, 0.29) is 0 Å². The van der Waals surface area contributed by atoms with Crippen LogP contribution in [0.3, 0.4) is 0 Å². The Morgan fingerprint density at radius 3 is 2.47 bits per heavy atom. The van der Waals surface area contributed by atoms with Gasteiger partial charge in [-0.3, -0.25) is 4.68 Å². The maximum atomic E-state index is 10.6. The zero-order valence-electron chi connectivity index (χ0n) is 23.8. The summed E-state index contributed by atoms with van der Waals surface area (Å²) in [5.41, 5.74) is 5.92. The van der Waals surface area contributed by atoms with Gasteiger partial charge in [-0.25, -0.2) is 19.4 Å². The van der Waals surface area contributed by atoms with Crippen molar-refractivity contribution in [3.8, 4) is 16.8 Å². The highest BCUT2D eigenvalue weighted by Gasteiger charge is 2.38. The maximum Gasteiger partial charge on any atom is 0.490 e. The molecule has 1 fully saturated rings. The van der Waals surface area contributed by atoms with Gasteiger partial charge < -0.3 is 20.1 Å². The van der Waals surface area contributed by atoms with Crippen molar-refractivity contribution >= 4 is 45.4 Å². The largest absolute Gasteiger partial charge is 0.490 e. The molecule has 1 saturated heterocycles. The number of para-hydroxylation sites is 1. The quantitative estimate of drug-likeness (QED) is 0.273. The van der Waals surface area contributed by atoms with Crippen LogP contribution in [-0.2, 0) is 16.6 Å². The van der Waals surface area contributed by atoms with Gasteiger partial charge in [0.15, 0.2) is 0 Å². The second-order valence-electron chi connectivity index (χ2n) is 10.0. The molecule has 3 aromatic heterocycles. The summed E-state index contributed by atoms with van der Waals surface area (Å²) >= 11 is 0. The standard InChI is InChI=1S/C28H25N9O.C2HF3O2/c1-35-25-15-19(5-6-20(25)17-31-35)24-4-2-3-21-16-29-27(33-26(21)24)32-22-7-9-23(10-8-22)37-18-30-28(34-37)36-11-13-38-14-12-36;3-2(4,5)1(6)7/h2-10,15-18H,11-14H2,1H3,(H,29,32,33);(H,6,7). The molecule has 7 rings (SSSR count). The minimum absolute atomic E-state index is 0.537. The molecule has 0 unspecified atom stereocenters. The number of rotatable bonds is 5. The van der Waals surface area contributed by atoms with E-state index in [1.54, 1.807) is 11.0 Å². The number of halogens is 3. The molecule has 0 saturated carbocycles. The third-order valence-electron chi connectivity index (χ3n) is 7.08. The van der Waals surface area contributed by atoms with Gasteiger partial charge in [-0.1, -0.05) is 30.3 Å². The normalized spacial score (nSPS) is 13.5. The van der Waals surface area contributed by atoms with Crippen molar-refractivity contribution in [2.24, 2.45) is 7.05 Å². The molecule has 0 aliphatic carbocycles. The first-order valence-corrected chi connectivity index (χ1v) is 13.8. The van der Waals surface area contributed by atoms with Gasteiger partial charge >= 0.3 is 12.1 Å². The molecule has 4 heterocycles. The Labute approximate surface area is 253 Å². The number of nitrogens with one attached hydrogen (secondary N) is 1. The van der Waals surface area contributed by atoms with Gasteiger partial charge in [0.2, 0.25) is 11.9 Å². The Balaban J connectivity index is 0.000000460. The Morgan fingerprint density at radius 1 is 0.978 bits per heavy atom. The van der Waals surface area contributed by atoms with Crippen LogP contribution in [0, 0.1) is 0 Å². The second-order valence-corrected chi connectivity index (χ2v) is 10.0. The number of carbonyl (C=O) groups is 1. The van der Waals surface area contributed by atoms with E-state index in [1.807, 2.05) is 60.5 Å². The number of alkyl halides is 3. The molecule has 0 radical (unpaired) electrons. The number of ether oxygens (including phenoxy) is 1. The van der Waals surface area contributed by atoms with Crippen LogP contribution in [0.2, 0.25) is 0 Å². The SMILES string of the molecule is Cn1ncc2ccc(-c3cccc4cnc(Nc5ccc(-n6cnc(N7CCOCC7)n6)cc5)nc34)cc21.O=C(O)C(F)(F)F.